The van der Waals surface area contributed by atoms with Crippen molar-refractivity contribution in [3.8, 4) is 0 Å². The van der Waals surface area contributed by atoms with Crippen LogP contribution in [-0.4, -0.2) is 16.4 Å². The fourth-order valence-electron chi connectivity index (χ4n) is 3.81. The van der Waals surface area contributed by atoms with Gasteiger partial charge in [0.25, 0.3) is 5.91 Å². The van der Waals surface area contributed by atoms with E-state index in [1.165, 1.54) is 10.9 Å². The van der Waals surface area contributed by atoms with Crippen LogP contribution in [0.5, 0.6) is 0 Å². The number of hydrogen-bond donors (Lipinski definition) is 2. The predicted octanol–water partition coefficient (Wildman–Crippen LogP) is 2.59. The SMILES string of the molecule is NC(N)=NC(=O)c1c2c3c(cccc3n1Cc1ccccc1)CCC2. The number of nitrogens with zero attached hydrogens (tertiary/aromatic N) is 2. The number of guanidine groups is 1. The maximum Gasteiger partial charge on any atom is 0.297 e. The molecule has 25 heavy (non-hydrogen) atoms. The van der Waals surface area contributed by atoms with Crippen molar-refractivity contribution in [2.24, 2.45) is 16.5 Å². The molecular formula is C20H20N4O. The zero-order valence-corrected chi connectivity index (χ0v) is 13.9. The fourth-order valence-corrected chi connectivity index (χ4v) is 3.81. The minimum absolute atomic E-state index is 0.204. The van der Waals surface area contributed by atoms with Gasteiger partial charge in [-0.2, -0.15) is 4.99 Å². The summed E-state index contributed by atoms with van der Waals surface area (Å²) >= 11 is 0. The lowest BCUT2D eigenvalue weighted by Gasteiger charge is -2.12. The number of aromatic nitrogens is 1. The van der Waals surface area contributed by atoms with Gasteiger partial charge in [0.2, 0.25) is 0 Å². The van der Waals surface area contributed by atoms with Crippen LogP contribution in [0.25, 0.3) is 10.9 Å². The number of aryl methyl sites for hydroxylation is 2. The normalized spacial score (nSPS) is 13.0. The molecule has 0 aliphatic heterocycles. The molecule has 0 atom stereocenters. The van der Waals surface area contributed by atoms with Crippen LogP contribution in [0.3, 0.4) is 0 Å². The molecule has 1 aliphatic carbocycles. The second-order valence-corrected chi connectivity index (χ2v) is 6.41. The molecule has 5 nitrogen and oxygen atoms in total. The molecule has 126 valence electrons. The van der Waals surface area contributed by atoms with Gasteiger partial charge >= 0.3 is 0 Å². The smallest absolute Gasteiger partial charge is 0.297 e. The average molecular weight is 332 g/mol. The van der Waals surface area contributed by atoms with E-state index in [4.69, 9.17) is 11.5 Å². The van der Waals surface area contributed by atoms with Crippen molar-refractivity contribution in [2.75, 3.05) is 0 Å². The Balaban J connectivity index is 1.97. The third kappa shape index (κ3) is 2.67. The lowest BCUT2D eigenvalue weighted by Crippen LogP contribution is -2.25. The Kier molecular flexibility index (Phi) is 3.76. The van der Waals surface area contributed by atoms with Crippen molar-refractivity contribution < 1.29 is 4.79 Å². The number of hydrogen-bond acceptors (Lipinski definition) is 1. The largest absolute Gasteiger partial charge is 0.370 e. The van der Waals surface area contributed by atoms with Crippen LogP contribution in [0.1, 0.15) is 33.6 Å². The fraction of sp³-hybridized carbons (Fsp3) is 0.200. The topological polar surface area (TPSA) is 86.4 Å². The van der Waals surface area contributed by atoms with Gasteiger partial charge < -0.3 is 16.0 Å². The molecular weight excluding hydrogens is 312 g/mol. The zero-order chi connectivity index (χ0) is 17.4. The monoisotopic (exact) mass is 332 g/mol. The van der Waals surface area contributed by atoms with Crippen LogP contribution < -0.4 is 11.5 Å². The van der Waals surface area contributed by atoms with Crippen molar-refractivity contribution in [1.82, 2.24) is 4.57 Å². The van der Waals surface area contributed by atoms with Crippen molar-refractivity contribution >= 4 is 22.8 Å². The highest BCUT2D eigenvalue weighted by Crippen LogP contribution is 2.35. The lowest BCUT2D eigenvalue weighted by atomic mass is 9.91. The number of carbonyl (C=O) groups is 1. The Morgan fingerprint density at radius 1 is 1.04 bits per heavy atom. The summed E-state index contributed by atoms with van der Waals surface area (Å²) in [5.74, 6) is -0.570. The molecule has 1 aliphatic rings. The molecule has 0 saturated carbocycles. The summed E-state index contributed by atoms with van der Waals surface area (Å²) in [6.07, 6.45) is 2.94. The van der Waals surface area contributed by atoms with Crippen molar-refractivity contribution in [2.45, 2.75) is 25.8 Å². The molecule has 4 N–H and O–H groups in total. The predicted molar refractivity (Wildman–Crippen MR) is 99.6 cm³/mol. The van der Waals surface area contributed by atoms with Gasteiger partial charge in [0.05, 0.1) is 0 Å². The van der Waals surface area contributed by atoms with E-state index in [2.05, 4.69) is 39.9 Å². The summed E-state index contributed by atoms with van der Waals surface area (Å²) in [7, 11) is 0. The maximum absolute atomic E-state index is 12.8. The lowest BCUT2D eigenvalue weighted by molar-refractivity contribution is 0.0993. The second-order valence-electron chi connectivity index (χ2n) is 6.41. The Morgan fingerprint density at radius 2 is 1.84 bits per heavy atom. The van der Waals surface area contributed by atoms with Gasteiger partial charge in [-0.05, 0) is 42.0 Å². The van der Waals surface area contributed by atoms with Gasteiger partial charge in [-0.15, -0.1) is 0 Å². The van der Waals surface area contributed by atoms with Crippen LogP contribution in [0.2, 0.25) is 0 Å². The van der Waals surface area contributed by atoms with Crippen molar-refractivity contribution in [3.05, 3.63) is 70.9 Å². The van der Waals surface area contributed by atoms with Gasteiger partial charge in [0.1, 0.15) is 5.69 Å². The molecule has 0 radical (unpaired) electrons. The number of amides is 1. The number of benzene rings is 2. The van der Waals surface area contributed by atoms with E-state index in [0.717, 1.165) is 35.9 Å². The third-order valence-corrected chi connectivity index (χ3v) is 4.77. The minimum atomic E-state index is -0.366. The van der Waals surface area contributed by atoms with Gasteiger partial charge in [0.15, 0.2) is 5.96 Å². The molecule has 5 heteroatoms. The van der Waals surface area contributed by atoms with Crippen LogP contribution >= 0.6 is 0 Å². The van der Waals surface area contributed by atoms with E-state index in [1.54, 1.807) is 0 Å². The number of nitrogens with two attached hydrogens (primary N) is 2. The first-order valence-corrected chi connectivity index (χ1v) is 8.46. The Hall–Kier alpha value is -3.08. The first-order valence-electron chi connectivity index (χ1n) is 8.46. The zero-order valence-electron chi connectivity index (χ0n) is 13.9. The average Bonchev–Trinajstić information content (AvgIpc) is 2.91. The van der Waals surface area contributed by atoms with E-state index in [1.807, 2.05) is 18.2 Å². The highest BCUT2D eigenvalue weighted by atomic mass is 16.1. The summed E-state index contributed by atoms with van der Waals surface area (Å²) in [5.41, 5.74) is 16.1. The number of carbonyl (C=O) groups excluding carboxylic acids is 1. The molecule has 0 fully saturated rings. The van der Waals surface area contributed by atoms with Gasteiger partial charge in [0, 0.05) is 17.4 Å². The van der Waals surface area contributed by atoms with Crippen molar-refractivity contribution in [1.29, 1.82) is 0 Å². The third-order valence-electron chi connectivity index (χ3n) is 4.77. The first kappa shape index (κ1) is 15.4. The molecule has 0 spiro atoms. The summed E-state index contributed by atoms with van der Waals surface area (Å²) < 4.78 is 2.06. The Labute approximate surface area is 146 Å². The summed E-state index contributed by atoms with van der Waals surface area (Å²) in [6, 6.07) is 16.4. The molecule has 2 aromatic carbocycles. The molecule has 0 unspecified atom stereocenters. The van der Waals surface area contributed by atoms with Crippen LogP contribution in [0, 0.1) is 0 Å². The second kappa shape index (κ2) is 6.09. The maximum atomic E-state index is 12.8. The summed E-state index contributed by atoms with van der Waals surface area (Å²) in [5, 5.41) is 1.19. The molecule has 0 bridgehead atoms. The molecule has 0 saturated heterocycles. The molecule has 4 rings (SSSR count). The van der Waals surface area contributed by atoms with E-state index in [0.29, 0.717) is 12.2 Å². The van der Waals surface area contributed by atoms with E-state index < -0.39 is 0 Å². The van der Waals surface area contributed by atoms with Gasteiger partial charge in [-0.1, -0.05) is 42.5 Å². The van der Waals surface area contributed by atoms with Crippen LogP contribution in [0.4, 0.5) is 0 Å². The number of rotatable bonds is 3. The molecule has 1 aromatic heterocycles. The van der Waals surface area contributed by atoms with Crippen LogP contribution in [-0.2, 0) is 19.4 Å². The van der Waals surface area contributed by atoms with Gasteiger partial charge in [-0.25, -0.2) is 0 Å². The summed E-state index contributed by atoms with van der Waals surface area (Å²) in [4.78, 5) is 16.6. The van der Waals surface area contributed by atoms with E-state index in [-0.39, 0.29) is 11.9 Å². The highest BCUT2D eigenvalue weighted by Gasteiger charge is 2.26. The first-order chi connectivity index (χ1) is 12.1. The standard InChI is InChI=1S/C20H20N4O/c21-20(22)23-19(25)18-15-10-4-8-14-9-5-11-16(17(14)15)24(18)12-13-6-2-1-3-7-13/h1-3,5-7,9,11H,4,8,10,12H2,(H4,21,22,23,25). The Morgan fingerprint density at radius 3 is 2.60 bits per heavy atom. The Bertz CT molecular complexity index is 982. The quantitative estimate of drug-likeness (QED) is 0.571. The van der Waals surface area contributed by atoms with E-state index in [9.17, 15) is 4.79 Å². The minimum Gasteiger partial charge on any atom is -0.370 e. The van der Waals surface area contributed by atoms with Gasteiger partial charge in [-0.3, -0.25) is 4.79 Å². The molecule has 1 heterocycles. The number of aliphatic imine (C=N–C) groups is 1. The molecule has 1 amide bonds. The molecule has 3 aromatic rings. The summed E-state index contributed by atoms with van der Waals surface area (Å²) in [6.45, 7) is 0.613. The van der Waals surface area contributed by atoms with E-state index >= 15 is 0 Å². The highest BCUT2D eigenvalue weighted by molar-refractivity contribution is 6.07. The van der Waals surface area contributed by atoms with Crippen molar-refractivity contribution in [3.63, 3.8) is 0 Å². The van der Waals surface area contributed by atoms with Crippen LogP contribution in [0.15, 0.2) is 53.5 Å².